The summed E-state index contributed by atoms with van der Waals surface area (Å²) < 4.78 is 34.1. The molecule has 47 valence electrons. The van der Waals surface area contributed by atoms with Crippen LogP contribution in [0.5, 0.6) is 0 Å². The summed E-state index contributed by atoms with van der Waals surface area (Å²) in [6.07, 6.45) is 0. The van der Waals surface area contributed by atoms with Crippen LogP contribution in [0.1, 0.15) is 0 Å². The van der Waals surface area contributed by atoms with Crippen LogP contribution in [0.25, 0.3) is 0 Å². The first kappa shape index (κ1) is 10.1. The van der Waals surface area contributed by atoms with Crippen LogP contribution in [0, 0.1) is 36.9 Å². The molecular weight excluding hydrogens is 274 g/mol. The largest absolute Gasteiger partial charge is 0.435 e. The zero-order valence-electron chi connectivity index (χ0n) is 2.31. The maximum Gasteiger partial charge on any atom is 0.435 e. The molecule has 0 aromatic heterocycles. The van der Waals surface area contributed by atoms with Crippen molar-refractivity contribution >= 4 is 10.5 Å². The molecule has 0 aromatic rings. The van der Waals surface area contributed by atoms with Crippen molar-refractivity contribution in [3.8, 4) is 0 Å². The predicted octanol–water partition coefficient (Wildman–Crippen LogP) is -0.241. The molecule has 0 aliphatic heterocycles. The number of rotatable bonds is 0. The van der Waals surface area contributed by atoms with Gasteiger partial charge in [-0.15, -0.1) is 0 Å². The standard InChI is InChI=1S/FHO3S.Lu/c1-5(2,3)4;/h(H,2,3,4);. The van der Waals surface area contributed by atoms with Crippen molar-refractivity contribution in [1.82, 2.24) is 0 Å². The molecule has 0 rings (SSSR count). The van der Waals surface area contributed by atoms with Crippen LogP contribution in [0.3, 0.4) is 0 Å². The molecule has 0 aliphatic carbocycles. The van der Waals surface area contributed by atoms with Gasteiger partial charge in [0.2, 0.25) is 0 Å². The van der Waals surface area contributed by atoms with Gasteiger partial charge in [0, 0.05) is 36.9 Å². The van der Waals surface area contributed by atoms with Gasteiger partial charge in [0.05, 0.1) is 0 Å². The van der Waals surface area contributed by atoms with E-state index in [4.69, 9.17) is 13.0 Å². The molecule has 0 unspecified atom stereocenters. The van der Waals surface area contributed by atoms with Crippen LogP contribution in [0.4, 0.5) is 3.89 Å². The van der Waals surface area contributed by atoms with Gasteiger partial charge in [0.25, 0.3) is 0 Å². The molecule has 6 heavy (non-hydrogen) atoms. The average molecular weight is 275 g/mol. The van der Waals surface area contributed by atoms with Crippen molar-refractivity contribution in [2.75, 3.05) is 0 Å². The van der Waals surface area contributed by atoms with E-state index >= 15 is 0 Å². The second kappa shape index (κ2) is 3.12. The SMILES string of the molecule is O=S(=O)(O)F.[Lu]. The topological polar surface area (TPSA) is 54.4 Å². The summed E-state index contributed by atoms with van der Waals surface area (Å²) in [6.45, 7) is 0. The van der Waals surface area contributed by atoms with E-state index in [1.54, 1.807) is 0 Å². The Bertz CT molecular complexity index is 94.0. The minimum Gasteiger partial charge on any atom is -0.260 e. The Morgan fingerprint density at radius 3 is 1.50 bits per heavy atom. The normalized spacial score (nSPS) is 9.67. The van der Waals surface area contributed by atoms with Crippen LogP contribution < -0.4 is 0 Å². The quantitative estimate of drug-likeness (QED) is 0.490. The Kier molecular flexibility index (Phi) is 5.28. The average Bonchev–Trinajstić information content (AvgIpc) is 0.722. The van der Waals surface area contributed by atoms with Gasteiger partial charge in [-0.25, -0.2) is 0 Å². The van der Waals surface area contributed by atoms with E-state index in [1.807, 2.05) is 0 Å². The second-order valence-corrected chi connectivity index (χ2v) is 1.24. The summed E-state index contributed by atoms with van der Waals surface area (Å²) in [5.41, 5.74) is 0. The first-order valence-corrected chi connectivity index (χ1v) is 2.01. The molecule has 3 nitrogen and oxygen atoms in total. The molecule has 0 amide bonds. The van der Waals surface area contributed by atoms with Gasteiger partial charge in [-0.05, 0) is 0 Å². The molecular formula is HFLuO3S. The zero-order chi connectivity index (χ0) is 4.50. The van der Waals surface area contributed by atoms with E-state index in [-0.39, 0.29) is 36.9 Å². The van der Waals surface area contributed by atoms with E-state index in [2.05, 4.69) is 0 Å². The fraction of sp³-hybridized carbons (Fsp3) is 0. The molecule has 0 bridgehead atoms. The summed E-state index contributed by atoms with van der Waals surface area (Å²) in [5.74, 6) is 0. The van der Waals surface area contributed by atoms with E-state index in [0.717, 1.165) is 0 Å². The summed E-state index contributed by atoms with van der Waals surface area (Å²) in [5, 5.41) is 0. The van der Waals surface area contributed by atoms with Crippen LogP contribution in [0.2, 0.25) is 0 Å². The van der Waals surface area contributed by atoms with Gasteiger partial charge in [-0.3, -0.25) is 4.55 Å². The zero-order valence-corrected chi connectivity index (χ0v) is 4.78. The minimum atomic E-state index is -5.17. The van der Waals surface area contributed by atoms with Crippen molar-refractivity contribution < 1.29 is 53.7 Å². The summed E-state index contributed by atoms with van der Waals surface area (Å²) in [4.78, 5) is 0. The van der Waals surface area contributed by atoms with Crippen LogP contribution in [0.15, 0.2) is 0 Å². The van der Waals surface area contributed by atoms with Gasteiger partial charge in [0.1, 0.15) is 0 Å². The molecule has 0 aromatic carbocycles. The fourth-order valence-electron chi connectivity index (χ4n) is 0. The molecule has 0 atom stereocenters. The van der Waals surface area contributed by atoms with Gasteiger partial charge >= 0.3 is 10.5 Å². The van der Waals surface area contributed by atoms with Crippen LogP contribution in [-0.4, -0.2) is 13.0 Å². The minimum absolute atomic E-state index is 0. The molecule has 1 radical (unpaired) electrons. The fourth-order valence-corrected chi connectivity index (χ4v) is 0. The van der Waals surface area contributed by atoms with Gasteiger partial charge < -0.3 is 0 Å². The number of hydrogen-bond donors (Lipinski definition) is 1. The third-order valence-corrected chi connectivity index (χ3v) is 0. The third-order valence-electron chi connectivity index (χ3n) is 0. The maximum atomic E-state index is 10.2. The van der Waals surface area contributed by atoms with Crippen molar-refractivity contribution in [2.45, 2.75) is 0 Å². The molecule has 0 saturated carbocycles. The van der Waals surface area contributed by atoms with E-state index < -0.39 is 10.5 Å². The number of halogens is 1. The third kappa shape index (κ3) is 73.0. The van der Waals surface area contributed by atoms with Gasteiger partial charge in [-0.2, -0.15) is 8.42 Å². The molecule has 0 saturated heterocycles. The Balaban J connectivity index is 0. The molecule has 0 spiro atoms. The Morgan fingerprint density at radius 1 is 1.50 bits per heavy atom. The summed E-state index contributed by atoms with van der Waals surface area (Å²) >= 11 is 0. The van der Waals surface area contributed by atoms with E-state index in [1.165, 1.54) is 0 Å². The first-order chi connectivity index (χ1) is 2.00. The Hall–Kier alpha value is 1.07. The predicted molar refractivity (Wildman–Crippen MR) is 12.7 cm³/mol. The molecule has 0 heterocycles. The van der Waals surface area contributed by atoms with Crippen molar-refractivity contribution in [1.29, 1.82) is 0 Å². The Morgan fingerprint density at radius 2 is 1.50 bits per heavy atom. The van der Waals surface area contributed by atoms with Crippen LogP contribution >= 0.6 is 0 Å². The second-order valence-electron chi connectivity index (χ2n) is 0.412. The maximum absolute atomic E-state index is 10.2. The molecule has 0 aliphatic rings. The van der Waals surface area contributed by atoms with Crippen molar-refractivity contribution in [3.63, 3.8) is 0 Å². The van der Waals surface area contributed by atoms with Gasteiger partial charge in [0.15, 0.2) is 0 Å². The first-order valence-electron chi connectivity index (χ1n) is 0.670. The summed E-state index contributed by atoms with van der Waals surface area (Å²) in [6, 6.07) is 0. The summed E-state index contributed by atoms with van der Waals surface area (Å²) in [7, 11) is -5.17. The number of hydrogen-bond acceptors (Lipinski definition) is 2. The van der Waals surface area contributed by atoms with E-state index in [9.17, 15) is 3.89 Å². The molecule has 0 fully saturated rings. The molecule has 1 N–H and O–H groups in total. The van der Waals surface area contributed by atoms with E-state index in [0.29, 0.717) is 0 Å². The van der Waals surface area contributed by atoms with Crippen molar-refractivity contribution in [3.05, 3.63) is 0 Å². The molecule has 6 heteroatoms. The smallest absolute Gasteiger partial charge is 0.260 e. The monoisotopic (exact) mass is 275 g/mol. The Labute approximate surface area is 63.8 Å². The van der Waals surface area contributed by atoms with Crippen molar-refractivity contribution in [2.24, 2.45) is 0 Å². The van der Waals surface area contributed by atoms with Crippen LogP contribution in [-0.2, 0) is 10.5 Å². The van der Waals surface area contributed by atoms with Gasteiger partial charge in [-0.1, -0.05) is 3.89 Å².